The van der Waals surface area contributed by atoms with Gasteiger partial charge in [0, 0.05) is 64.6 Å². The molecule has 5 nitrogen and oxygen atoms in total. The van der Waals surface area contributed by atoms with Gasteiger partial charge in [-0.25, -0.2) is 4.39 Å². The van der Waals surface area contributed by atoms with Crippen molar-refractivity contribution < 1.29 is 9.18 Å². The smallest absolute Gasteiger partial charge is 0.221 e. The molecular formula is C21H27FN4O. The third-order valence-electron chi connectivity index (χ3n) is 5.75. The zero-order chi connectivity index (χ0) is 18.9. The van der Waals surface area contributed by atoms with Crippen LogP contribution in [-0.2, 0) is 24.9 Å². The number of aryl methyl sites for hydroxylation is 1. The molecule has 0 radical (unpaired) electrons. The summed E-state index contributed by atoms with van der Waals surface area (Å²) in [5, 5.41) is 3.30. The topological polar surface area (TPSA) is 40.5 Å². The van der Waals surface area contributed by atoms with Gasteiger partial charge in [0.1, 0.15) is 5.82 Å². The van der Waals surface area contributed by atoms with Crippen molar-refractivity contribution in [2.75, 3.05) is 26.2 Å². The fourth-order valence-corrected chi connectivity index (χ4v) is 4.41. The maximum Gasteiger partial charge on any atom is 0.221 e. The van der Waals surface area contributed by atoms with E-state index in [1.807, 2.05) is 6.07 Å². The monoisotopic (exact) mass is 370 g/mol. The van der Waals surface area contributed by atoms with Crippen LogP contribution in [0.4, 0.5) is 4.39 Å². The average molecular weight is 370 g/mol. The second-order valence-corrected chi connectivity index (χ2v) is 7.99. The van der Waals surface area contributed by atoms with Gasteiger partial charge in [-0.2, -0.15) is 0 Å². The maximum atomic E-state index is 13.5. The second-order valence-electron chi connectivity index (χ2n) is 7.99. The number of hydrogen-bond donors (Lipinski definition) is 1. The van der Waals surface area contributed by atoms with E-state index in [1.54, 1.807) is 12.1 Å². The first-order valence-corrected chi connectivity index (χ1v) is 9.62. The number of halogens is 1. The molecule has 0 aliphatic carbocycles. The highest BCUT2D eigenvalue weighted by Crippen LogP contribution is 2.27. The molecule has 2 saturated heterocycles. The van der Waals surface area contributed by atoms with E-state index < -0.39 is 0 Å². The Bertz CT molecular complexity index is 820. The molecule has 144 valence electrons. The van der Waals surface area contributed by atoms with E-state index in [-0.39, 0.29) is 17.3 Å². The molecule has 2 aromatic rings. The molecular weight excluding hydrogens is 343 g/mol. The lowest BCUT2D eigenvalue weighted by molar-refractivity contribution is -0.122. The average Bonchev–Trinajstić information content (AvgIpc) is 3.15. The molecule has 3 heterocycles. The number of likely N-dealkylation sites (tertiary alicyclic amines) is 1. The number of nitrogens with zero attached hydrogens (tertiary/aromatic N) is 3. The van der Waals surface area contributed by atoms with Gasteiger partial charge in [0.2, 0.25) is 5.91 Å². The van der Waals surface area contributed by atoms with Crippen LogP contribution in [0.1, 0.15) is 24.1 Å². The molecule has 1 N–H and O–H groups in total. The van der Waals surface area contributed by atoms with E-state index in [2.05, 4.69) is 45.1 Å². The van der Waals surface area contributed by atoms with Crippen molar-refractivity contribution in [2.24, 2.45) is 7.05 Å². The summed E-state index contributed by atoms with van der Waals surface area (Å²) in [4.78, 5) is 17.1. The lowest BCUT2D eigenvalue weighted by Gasteiger charge is -2.33. The van der Waals surface area contributed by atoms with E-state index >= 15 is 0 Å². The van der Waals surface area contributed by atoms with E-state index in [4.69, 9.17) is 0 Å². The van der Waals surface area contributed by atoms with Crippen LogP contribution in [0.25, 0.3) is 0 Å². The van der Waals surface area contributed by atoms with Gasteiger partial charge >= 0.3 is 0 Å². The number of benzene rings is 1. The normalized spacial score (nSPS) is 24.3. The summed E-state index contributed by atoms with van der Waals surface area (Å²) in [6.07, 6.45) is 3.51. The maximum absolute atomic E-state index is 13.5. The minimum atomic E-state index is -0.216. The SMILES string of the molecule is Cn1cccc1CN1CCC2(CN(Cc3cccc(F)c3)CCC(=O)N2)C1. The Balaban J connectivity index is 1.46. The van der Waals surface area contributed by atoms with Gasteiger partial charge in [0.15, 0.2) is 0 Å². The van der Waals surface area contributed by atoms with Gasteiger partial charge in [-0.05, 0) is 36.2 Å². The second kappa shape index (κ2) is 7.44. The van der Waals surface area contributed by atoms with E-state index in [0.29, 0.717) is 19.5 Å². The molecule has 6 heteroatoms. The van der Waals surface area contributed by atoms with E-state index in [0.717, 1.165) is 38.2 Å². The molecule has 2 aliphatic heterocycles. The van der Waals surface area contributed by atoms with Gasteiger partial charge < -0.3 is 9.88 Å². The first kappa shape index (κ1) is 18.2. The Labute approximate surface area is 159 Å². The highest BCUT2D eigenvalue weighted by molar-refractivity contribution is 5.77. The summed E-state index contributed by atoms with van der Waals surface area (Å²) in [7, 11) is 2.06. The molecule has 2 fully saturated rings. The zero-order valence-corrected chi connectivity index (χ0v) is 15.8. The molecule has 27 heavy (non-hydrogen) atoms. The Morgan fingerprint density at radius 1 is 1.11 bits per heavy atom. The Morgan fingerprint density at radius 3 is 2.67 bits per heavy atom. The molecule has 1 aromatic heterocycles. The predicted molar refractivity (Wildman–Crippen MR) is 102 cm³/mol. The highest BCUT2D eigenvalue weighted by Gasteiger charge is 2.42. The Kier molecular flexibility index (Phi) is 5.02. The fraction of sp³-hybridized carbons (Fsp3) is 0.476. The van der Waals surface area contributed by atoms with Gasteiger partial charge in [-0.15, -0.1) is 0 Å². The van der Waals surface area contributed by atoms with Gasteiger partial charge in [0.25, 0.3) is 0 Å². The van der Waals surface area contributed by atoms with Crippen molar-refractivity contribution in [1.29, 1.82) is 0 Å². The summed E-state index contributed by atoms with van der Waals surface area (Å²) < 4.78 is 15.7. The fourth-order valence-electron chi connectivity index (χ4n) is 4.41. The molecule has 4 rings (SSSR count). The van der Waals surface area contributed by atoms with Crippen LogP contribution < -0.4 is 5.32 Å². The first-order chi connectivity index (χ1) is 13.0. The van der Waals surface area contributed by atoms with Crippen molar-refractivity contribution in [3.63, 3.8) is 0 Å². The van der Waals surface area contributed by atoms with Crippen molar-refractivity contribution in [3.05, 3.63) is 59.7 Å². The number of rotatable bonds is 4. The third-order valence-corrected chi connectivity index (χ3v) is 5.75. The molecule has 1 unspecified atom stereocenters. The Morgan fingerprint density at radius 2 is 1.93 bits per heavy atom. The van der Waals surface area contributed by atoms with Gasteiger partial charge in [0.05, 0.1) is 5.54 Å². The number of aromatic nitrogens is 1. The minimum absolute atomic E-state index is 0.123. The zero-order valence-electron chi connectivity index (χ0n) is 15.8. The lowest BCUT2D eigenvalue weighted by Crippen LogP contribution is -2.54. The van der Waals surface area contributed by atoms with Crippen LogP contribution in [0.5, 0.6) is 0 Å². The third kappa shape index (κ3) is 4.22. The number of hydrogen-bond acceptors (Lipinski definition) is 3. The lowest BCUT2D eigenvalue weighted by atomic mass is 9.98. The van der Waals surface area contributed by atoms with Crippen molar-refractivity contribution in [2.45, 2.75) is 31.5 Å². The number of amides is 1. The van der Waals surface area contributed by atoms with Gasteiger partial charge in [-0.3, -0.25) is 14.6 Å². The standard InChI is InChI=1S/C21H27FN4O/c1-24-9-3-6-19(24)14-26-11-8-21(16-26)15-25(10-7-20(27)23-21)13-17-4-2-5-18(22)12-17/h2-6,9,12H,7-8,10-11,13-16H2,1H3,(H,23,27). The predicted octanol–water partition coefficient (Wildman–Crippen LogP) is 2.13. The number of carbonyl (C=O) groups is 1. The number of carbonyl (C=O) groups excluding carboxylic acids is 1. The van der Waals surface area contributed by atoms with Crippen LogP contribution in [-0.4, -0.2) is 52.0 Å². The van der Waals surface area contributed by atoms with Crippen LogP contribution in [0.3, 0.4) is 0 Å². The van der Waals surface area contributed by atoms with Crippen molar-refractivity contribution in [1.82, 2.24) is 19.7 Å². The highest BCUT2D eigenvalue weighted by atomic mass is 19.1. The van der Waals surface area contributed by atoms with Crippen LogP contribution in [0, 0.1) is 5.82 Å². The number of nitrogens with one attached hydrogen (secondary N) is 1. The largest absolute Gasteiger partial charge is 0.353 e. The minimum Gasteiger partial charge on any atom is -0.353 e. The van der Waals surface area contributed by atoms with Gasteiger partial charge in [-0.1, -0.05) is 12.1 Å². The summed E-state index contributed by atoms with van der Waals surface area (Å²) in [5.74, 6) is -0.0849. The molecule has 0 bridgehead atoms. The first-order valence-electron chi connectivity index (χ1n) is 9.62. The van der Waals surface area contributed by atoms with E-state index in [1.165, 1.54) is 11.8 Å². The summed E-state index contributed by atoms with van der Waals surface area (Å²) in [6.45, 7) is 4.90. The van der Waals surface area contributed by atoms with Crippen molar-refractivity contribution in [3.8, 4) is 0 Å². The van der Waals surface area contributed by atoms with E-state index in [9.17, 15) is 9.18 Å². The molecule has 0 saturated carbocycles. The molecule has 1 spiro atoms. The molecule has 1 aromatic carbocycles. The quantitative estimate of drug-likeness (QED) is 0.896. The molecule has 1 atom stereocenters. The molecule has 2 aliphatic rings. The summed E-state index contributed by atoms with van der Waals surface area (Å²) >= 11 is 0. The molecule has 1 amide bonds. The Hall–Kier alpha value is -2.18. The van der Waals surface area contributed by atoms with Crippen molar-refractivity contribution >= 4 is 5.91 Å². The van der Waals surface area contributed by atoms with Crippen LogP contribution >= 0.6 is 0 Å². The summed E-state index contributed by atoms with van der Waals surface area (Å²) in [5.41, 5.74) is 2.02. The van der Waals surface area contributed by atoms with Crippen LogP contribution in [0.15, 0.2) is 42.6 Å². The van der Waals surface area contributed by atoms with Crippen LogP contribution in [0.2, 0.25) is 0 Å². The summed E-state index contributed by atoms with van der Waals surface area (Å²) in [6, 6.07) is 11.0.